The molecule has 98 valence electrons. The second-order valence-electron chi connectivity index (χ2n) is 4.39. The molecule has 1 unspecified atom stereocenters. The molecule has 1 aromatic rings. The molecule has 1 rings (SSSR count). The molecule has 0 aromatic heterocycles. The Labute approximate surface area is 107 Å². The minimum atomic E-state index is -1.67. The average molecular weight is 250 g/mol. The zero-order valence-electron chi connectivity index (χ0n) is 10.7. The monoisotopic (exact) mass is 250 g/mol. The highest BCUT2D eigenvalue weighted by Crippen LogP contribution is 2.23. The number of hydrogen-bond donors (Lipinski definition) is 0. The van der Waals surface area contributed by atoms with Crippen LogP contribution in [0.2, 0.25) is 0 Å². The van der Waals surface area contributed by atoms with Crippen molar-refractivity contribution in [3.63, 3.8) is 0 Å². The molecule has 0 saturated heterocycles. The van der Waals surface area contributed by atoms with Crippen LogP contribution in [-0.4, -0.2) is 12.1 Å². The van der Waals surface area contributed by atoms with E-state index >= 15 is 0 Å². The first kappa shape index (κ1) is 14.6. The van der Waals surface area contributed by atoms with Crippen molar-refractivity contribution in [2.45, 2.75) is 45.2 Å². The van der Waals surface area contributed by atoms with Gasteiger partial charge in [-0.25, -0.2) is 4.39 Å². The Morgan fingerprint density at radius 2 is 2.00 bits per heavy atom. The standard InChI is InChI=1S/C15H19FO2/c1-2-3-4-5-10-14(18)15(16)13-9-7-6-8-12(13)11-17/h6-9,11,15H,2-5,10H2,1H3. The summed E-state index contributed by atoms with van der Waals surface area (Å²) in [6, 6.07) is 6.32. The van der Waals surface area contributed by atoms with Crippen LogP contribution in [0, 0.1) is 0 Å². The largest absolute Gasteiger partial charge is 0.298 e. The fourth-order valence-corrected chi connectivity index (χ4v) is 1.88. The van der Waals surface area contributed by atoms with Crippen LogP contribution in [0.1, 0.15) is 61.1 Å². The molecular weight excluding hydrogens is 231 g/mol. The minimum absolute atomic E-state index is 0.188. The third-order valence-corrected chi connectivity index (χ3v) is 2.96. The smallest absolute Gasteiger partial charge is 0.184 e. The first-order valence-corrected chi connectivity index (χ1v) is 6.41. The van der Waals surface area contributed by atoms with Gasteiger partial charge in [0.25, 0.3) is 0 Å². The average Bonchev–Trinajstić information content (AvgIpc) is 2.42. The van der Waals surface area contributed by atoms with Gasteiger partial charge in [-0.3, -0.25) is 9.59 Å². The van der Waals surface area contributed by atoms with Gasteiger partial charge in [0.2, 0.25) is 0 Å². The van der Waals surface area contributed by atoms with Crippen molar-refractivity contribution in [2.75, 3.05) is 0 Å². The molecule has 1 atom stereocenters. The summed E-state index contributed by atoms with van der Waals surface area (Å²) in [5.74, 6) is -0.430. The molecule has 0 N–H and O–H groups in total. The SMILES string of the molecule is CCCCCCC(=O)C(F)c1ccccc1C=O. The van der Waals surface area contributed by atoms with E-state index in [-0.39, 0.29) is 17.5 Å². The Balaban J connectivity index is 2.60. The number of unbranched alkanes of at least 4 members (excludes halogenated alkanes) is 3. The molecule has 0 aliphatic heterocycles. The number of rotatable bonds is 8. The van der Waals surface area contributed by atoms with Crippen molar-refractivity contribution < 1.29 is 14.0 Å². The highest BCUT2D eigenvalue weighted by molar-refractivity contribution is 5.88. The van der Waals surface area contributed by atoms with Crippen molar-refractivity contribution in [1.29, 1.82) is 0 Å². The third kappa shape index (κ3) is 4.06. The predicted octanol–water partition coefficient (Wildman–Crippen LogP) is 4.05. The lowest BCUT2D eigenvalue weighted by Gasteiger charge is -2.09. The van der Waals surface area contributed by atoms with Crippen LogP contribution in [0.4, 0.5) is 4.39 Å². The number of benzene rings is 1. The summed E-state index contributed by atoms with van der Waals surface area (Å²) >= 11 is 0. The lowest BCUT2D eigenvalue weighted by molar-refractivity contribution is -0.124. The zero-order valence-corrected chi connectivity index (χ0v) is 10.7. The highest BCUT2D eigenvalue weighted by atomic mass is 19.1. The van der Waals surface area contributed by atoms with Gasteiger partial charge in [0.15, 0.2) is 12.0 Å². The maximum absolute atomic E-state index is 14.0. The van der Waals surface area contributed by atoms with Gasteiger partial charge < -0.3 is 0 Å². The molecule has 0 aliphatic carbocycles. The second-order valence-corrected chi connectivity index (χ2v) is 4.39. The van der Waals surface area contributed by atoms with Crippen LogP contribution >= 0.6 is 0 Å². The number of halogens is 1. The molecule has 0 aliphatic rings. The van der Waals surface area contributed by atoms with Gasteiger partial charge in [0.05, 0.1) is 0 Å². The molecule has 0 heterocycles. The van der Waals surface area contributed by atoms with E-state index < -0.39 is 12.0 Å². The maximum Gasteiger partial charge on any atom is 0.184 e. The number of aldehydes is 1. The normalized spacial score (nSPS) is 12.1. The van der Waals surface area contributed by atoms with Gasteiger partial charge in [-0.05, 0) is 6.42 Å². The van der Waals surface area contributed by atoms with E-state index in [0.717, 1.165) is 25.7 Å². The van der Waals surface area contributed by atoms with Gasteiger partial charge in [-0.15, -0.1) is 0 Å². The predicted molar refractivity (Wildman–Crippen MR) is 69.4 cm³/mol. The van der Waals surface area contributed by atoms with Crippen molar-refractivity contribution in [3.05, 3.63) is 35.4 Å². The van der Waals surface area contributed by atoms with Crippen LogP contribution in [0.15, 0.2) is 24.3 Å². The Hall–Kier alpha value is -1.51. The zero-order chi connectivity index (χ0) is 13.4. The molecule has 0 fully saturated rings. The lowest BCUT2D eigenvalue weighted by Crippen LogP contribution is -2.09. The van der Waals surface area contributed by atoms with Crippen LogP contribution < -0.4 is 0 Å². The number of carbonyl (C=O) groups excluding carboxylic acids is 2. The Kier molecular flexibility index (Phi) is 6.26. The first-order valence-electron chi connectivity index (χ1n) is 6.41. The van der Waals surface area contributed by atoms with E-state index in [9.17, 15) is 14.0 Å². The van der Waals surface area contributed by atoms with Crippen molar-refractivity contribution in [3.8, 4) is 0 Å². The van der Waals surface area contributed by atoms with Crippen molar-refractivity contribution in [1.82, 2.24) is 0 Å². The van der Waals surface area contributed by atoms with E-state index in [0.29, 0.717) is 6.29 Å². The summed E-state index contributed by atoms with van der Waals surface area (Å²) < 4.78 is 14.0. The molecule has 1 aromatic carbocycles. The highest BCUT2D eigenvalue weighted by Gasteiger charge is 2.21. The number of alkyl halides is 1. The molecular formula is C15H19FO2. The summed E-state index contributed by atoms with van der Waals surface area (Å²) in [4.78, 5) is 22.5. The molecule has 3 heteroatoms. The fourth-order valence-electron chi connectivity index (χ4n) is 1.88. The number of ketones is 1. The van der Waals surface area contributed by atoms with Crippen LogP contribution in [0.25, 0.3) is 0 Å². The van der Waals surface area contributed by atoms with E-state index in [2.05, 4.69) is 6.92 Å². The Bertz CT molecular complexity index is 401. The molecule has 0 amide bonds. The topological polar surface area (TPSA) is 34.1 Å². The second kappa shape index (κ2) is 7.75. The number of Topliss-reactive ketones (excluding diaryl/α,β-unsaturated/α-hetero) is 1. The van der Waals surface area contributed by atoms with Crippen LogP contribution in [0.5, 0.6) is 0 Å². The first-order chi connectivity index (χ1) is 8.70. The molecule has 0 spiro atoms. The quantitative estimate of drug-likeness (QED) is 0.515. The van der Waals surface area contributed by atoms with Gasteiger partial charge in [-0.1, -0.05) is 50.5 Å². The molecule has 2 nitrogen and oxygen atoms in total. The number of hydrogen-bond acceptors (Lipinski definition) is 2. The third-order valence-electron chi connectivity index (χ3n) is 2.96. The molecule has 0 radical (unpaired) electrons. The Morgan fingerprint density at radius 1 is 1.28 bits per heavy atom. The van der Waals surface area contributed by atoms with Gasteiger partial charge in [0, 0.05) is 17.5 Å². The summed E-state index contributed by atoms with van der Waals surface area (Å²) in [5, 5.41) is 0. The van der Waals surface area contributed by atoms with E-state index in [1.807, 2.05) is 0 Å². The molecule has 0 saturated carbocycles. The van der Waals surface area contributed by atoms with Gasteiger partial charge >= 0.3 is 0 Å². The van der Waals surface area contributed by atoms with Gasteiger partial charge in [0.1, 0.15) is 6.29 Å². The summed E-state index contributed by atoms with van der Waals surface area (Å²) in [7, 11) is 0. The van der Waals surface area contributed by atoms with E-state index in [1.165, 1.54) is 12.1 Å². The van der Waals surface area contributed by atoms with E-state index in [1.54, 1.807) is 12.1 Å². The lowest BCUT2D eigenvalue weighted by atomic mass is 9.98. The van der Waals surface area contributed by atoms with Crippen molar-refractivity contribution >= 4 is 12.1 Å². The molecule has 0 bridgehead atoms. The minimum Gasteiger partial charge on any atom is -0.298 e. The van der Waals surface area contributed by atoms with Crippen LogP contribution in [0.3, 0.4) is 0 Å². The number of carbonyl (C=O) groups is 2. The van der Waals surface area contributed by atoms with Gasteiger partial charge in [-0.2, -0.15) is 0 Å². The summed E-state index contributed by atoms with van der Waals surface area (Å²) in [5.41, 5.74) is 0.444. The maximum atomic E-state index is 14.0. The fraction of sp³-hybridized carbons (Fsp3) is 0.467. The Morgan fingerprint density at radius 3 is 2.67 bits per heavy atom. The van der Waals surface area contributed by atoms with Crippen molar-refractivity contribution in [2.24, 2.45) is 0 Å². The summed E-state index contributed by atoms with van der Waals surface area (Å²) in [6.45, 7) is 2.08. The van der Waals surface area contributed by atoms with Crippen LogP contribution in [-0.2, 0) is 4.79 Å². The summed E-state index contributed by atoms with van der Waals surface area (Å²) in [6.07, 6.45) is 2.98. The molecule has 18 heavy (non-hydrogen) atoms. The van der Waals surface area contributed by atoms with E-state index in [4.69, 9.17) is 0 Å².